The standard InChI is InChI=1S/C21H23N5O3/c1-25-12-9-16(24-25)21(27)26-13-7-15(8-14-26)19-20(23-11-10-22-19)29-18-6-4-3-5-17(18)28-2/h3-6,9-12,15H,7-8,13-14H2,1-2H3. The zero-order valence-corrected chi connectivity index (χ0v) is 16.5. The molecule has 2 aromatic heterocycles. The zero-order valence-electron chi connectivity index (χ0n) is 16.5. The van der Waals surface area contributed by atoms with Crippen LogP contribution in [0.3, 0.4) is 0 Å². The summed E-state index contributed by atoms with van der Waals surface area (Å²) in [4.78, 5) is 23.4. The molecule has 8 heteroatoms. The van der Waals surface area contributed by atoms with Crippen LogP contribution >= 0.6 is 0 Å². The van der Waals surface area contributed by atoms with Crippen LogP contribution in [0, 0.1) is 0 Å². The molecule has 0 spiro atoms. The topological polar surface area (TPSA) is 82.4 Å². The van der Waals surface area contributed by atoms with Crippen molar-refractivity contribution in [1.29, 1.82) is 0 Å². The number of carbonyl (C=O) groups is 1. The second-order valence-corrected chi connectivity index (χ2v) is 6.94. The lowest BCUT2D eigenvalue weighted by atomic mass is 9.93. The van der Waals surface area contributed by atoms with Gasteiger partial charge in [-0.05, 0) is 31.0 Å². The van der Waals surface area contributed by atoms with Crippen molar-refractivity contribution in [3.05, 3.63) is 60.3 Å². The molecule has 0 saturated carbocycles. The predicted octanol–water partition coefficient (Wildman–Crippen LogP) is 3.03. The van der Waals surface area contributed by atoms with Gasteiger partial charge in [-0.1, -0.05) is 12.1 Å². The van der Waals surface area contributed by atoms with E-state index in [0.717, 1.165) is 18.5 Å². The van der Waals surface area contributed by atoms with Gasteiger partial charge in [0.25, 0.3) is 5.91 Å². The van der Waals surface area contributed by atoms with Crippen molar-refractivity contribution in [2.24, 2.45) is 7.05 Å². The van der Waals surface area contributed by atoms with Crippen LogP contribution in [0.25, 0.3) is 0 Å². The normalized spacial score (nSPS) is 14.6. The Labute approximate surface area is 169 Å². The lowest BCUT2D eigenvalue weighted by molar-refractivity contribution is 0.0705. The Bertz CT molecular complexity index is 995. The first-order chi connectivity index (χ1) is 14.2. The number of aryl methyl sites for hydroxylation is 1. The molecular weight excluding hydrogens is 370 g/mol. The molecule has 0 atom stereocenters. The van der Waals surface area contributed by atoms with Crippen molar-refractivity contribution in [2.45, 2.75) is 18.8 Å². The number of para-hydroxylation sites is 2. The smallest absolute Gasteiger partial charge is 0.274 e. The summed E-state index contributed by atoms with van der Waals surface area (Å²) in [6, 6.07) is 9.20. The van der Waals surface area contributed by atoms with Crippen LogP contribution in [0.1, 0.15) is 34.9 Å². The molecular formula is C21H23N5O3. The second-order valence-electron chi connectivity index (χ2n) is 6.94. The van der Waals surface area contributed by atoms with Crippen LogP contribution in [-0.4, -0.2) is 50.8 Å². The summed E-state index contributed by atoms with van der Waals surface area (Å²) in [7, 11) is 3.41. The monoisotopic (exact) mass is 393 g/mol. The van der Waals surface area contributed by atoms with E-state index in [1.54, 1.807) is 43.5 Å². The molecule has 1 aliphatic heterocycles. The highest BCUT2D eigenvalue weighted by Crippen LogP contribution is 2.36. The van der Waals surface area contributed by atoms with Crippen molar-refractivity contribution in [1.82, 2.24) is 24.6 Å². The number of ether oxygens (including phenoxy) is 2. The summed E-state index contributed by atoms with van der Waals surface area (Å²) in [6.07, 6.45) is 6.66. The van der Waals surface area contributed by atoms with Gasteiger partial charge in [0.15, 0.2) is 11.5 Å². The molecule has 4 rings (SSSR count). The third kappa shape index (κ3) is 4.06. The van der Waals surface area contributed by atoms with E-state index in [4.69, 9.17) is 9.47 Å². The fourth-order valence-corrected chi connectivity index (χ4v) is 3.55. The van der Waals surface area contributed by atoms with E-state index in [1.165, 1.54) is 0 Å². The number of hydrogen-bond donors (Lipinski definition) is 0. The minimum absolute atomic E-state index is 0.0336. The summed E-state index contributed by atoms with van der Waals surface area (Å²) >= 11 is 0. The van der Waals surface area contributed by atoms with Crippen LogP contribution in [0.4, 0.5) is 0 Å². The van der Waals surface area contributed by atoms with Gasteiger partial charge < -0.3 is 14.4 Å². The SMILES string of the molecule is COc1ccccc1Oc1nccnc1C1CCN(C(=O)c2ccn(C)n2)CC1. The lowest BCUT2D eigenvalue weighted by Gasteiger charge is -2.31. The van der Waals surface area contributed by atoms with Crippen molar-refractivity contribution in [2.75, 3.05) is 20.2 Å². The van der Waals surface area contributed by atoms with Crippen molar-refractivity contribution in [3.8, 4) is 17.4 Å². The summed E-state index contributed by atoms with van der Waals surface area (Å²) in [5, 5.41) is 4.21. The quantitative estimate of drug-likeness (QED) is 0.663. The molecule has 1 fully saturated rings. The number of likely N-dealkylation sites (tertiary alicyclic amines) is 1. The predicted molar refractivity (Wildman–Crippen MR) is 106 cm³/mol. The molecule has 0 unspecified atom stereocenters. The number of aromatic nitrogens is 4. The molecule has 3 heterocycles. The third-order valence-corrected chi connectivity index (χ3v) is 5.07. The first-order valence-corrected chi connectivity index (χ1v) is 9.56. The van der Waals surface area contributed by atoms with Crippen LogP contribution in [-0.2, 0) is 7.05 Å². The molecule has 8 nitrogen and oxygen atoms in total. The van der Waals surface area contributed by atoms with Gasteiger partial charge in [-0.25, -0.2) is 4.98 Å². The highest BCUT2D eigenvalue weighted by molar-refractivity contribution is 5.92. The zero-order chi connectivity index (χ0) is 20.2. The number of hydrogen-bond acceptors (Lipinski definition) is 6. The Morgan fingerprint density at radius 2 is 1.79 bits per heavy atom. The highest BCUT2D eigenvalue weighted by atomic mass is 16.5. The number of carbonyl (C=O) groups excluding carboxylic acids is 1. The maximum atomic E-state index is 12.6. The second kappa shape index (κ2) is 8.30. The molecule has 1 aromatic carbocycles. The number of piperidine rings is 1. The average molecular weight is 393 g/mol. The van der Waals surface area contributed by atoms with Gasteiger partial charge in [-0.2, -0.15) is 5.10 Å². The fourth-order valence-electron chi connectivity index (χ4n) is 3.55. The minimum Gasteiger partial charge on any atom is -0.493 e. The van der Waals surface area contributed by atoms with Crippen molar-refractivity contribution >= 4 is 5.91 Å². The number of benzene rings is 1. The van der Waals surface area contributed by atoms with Crippen LogP contribution in [0.5, 0.6) is 17.4 Å². The van der Waals surface area contributed by atoms with E-state index in [1.807, 2.05) is 29.2 Å². The summed E-state index contributed by atoms with van der Waals surface area (Å²) in [5.74, 6) is 1.85. The van der Waals surface area contributed by atoms with Gasteiger partial charge in [0.05, 0.1) is 7.11 Å². The van der Waals surface area contributed by atoms with Gasteiger partial charge in [0.2, 0.25) is 5.88 Å². The Kier molecular flexibility index (Phi) is 5.41. The van der Waals surface area contributed by atoms with Crippen LogP contribution in [0.2, 0.25) is 0 Å². The molecule has 0 radical (unpaired) electrons. The maximum Gasteiger partial charge on any atom is 0.274 e. The van der Waals surface area contributed by atoms with E-state index in [0.29, 0.717) is 36.2 Å². The molecule has 1 aliphatic rings. The molecule has 0 N–H and O–H groups in total. The van der Waals surface area contributed by atoms with E-state index < -0.39 is 0 Å². The van der Waals surface area contributed by atoms with E-state index in [9.17, 15) is 4.79 Å². The first kappa shape index (κ1) is 18.9. The molecule has 29 heavy (non-hydrogen) atoms. The van der Waals surface area contributed by atoms with E-state index in [2.05, 4.69) is 15.1 Å². The molecule has 0 bridgehead atoms. The molecule has 1 amide bonds. The Morgan fingerprint density at radius 1 is 1.07 bits per heavy atom. The van der Waals surface area contributed by atoms with Gasteiger partial charge in [0.1, 0.15) is 11.4 Å². The third-order valence-electron chi connectivity index (χ3n) is 5.07. The van der Waals surface area contributed by atoms with Gasteiger partial charge in [-0.3, -0.25) is 14.5 Å². The highest BCUT2D eigenvalue weighted by Gasteiger charge is 2.28. The van der Waals surface area contributed by atoms with Gasteiger partial charge in [0, 0.05) is 44.6 Å². The van der Waals surface area contributed by atoms with Crippen molar-refractivity contribution < 1.29 is 14.3 Å². The largest absolute Gasteiger partial charge is 0.493 e. The molecule has 150 valence electrons. The molecule has 0 aliphatic carbocycles. The number of nitrogens with zero attached hydrogens (tertiary/aromatic N) is 5. The summed E-state index contributed by atoms with van der Waals surface area (Å²) in [6.45, 7) is 1.29. The Balaban J connectivity index is 1.47. The maximum absolute atomic E-state index is 12.6. The van der Waals surface area contributed by atoms with Gasteiger partial charge in [-0.15, -0.1) is 0 Å². The van der Waals surface area contributed by atoms with Crippen LogP contribution < -0.4 is 9.47 Å². The van der Waals surface area contributed by atoms with Crippen molar-refractivity contribution in [3.63, 3.8) is 0 Å². The number of rotatable bonds is 5. The summed E-state index contributed by atoms with van der Waals surface area (Å²) < 4.78 is 13.0. The Hall–Kier alpha value is -3.42. The van der Waals surface area contributed by atoms with Crippen LogP contribution in [0.15, 0.2) is 48.9 Å². The first-order valence-electron chi connectivity index (χ1n) is 9.56. The molecule has 3 aromatic rings. The Morgan fingerprint density at radius 3 is 2.48 bits per heavy atom. The van der Waals surface area contributed by atoms with Gasteiger partial charge >= 0.3 is 0 Å². The number of amides is 1. The van der Waals surface area contributed by atoms with E-state index in [-0.39, 0.29) is 11.8 Å². The summed E-state index contributed by atoms with van der Waals surface area (Å²) in [5.41, 5.74) is 1.29. The average Bonchev–Trinajstić information content (AvgIpc) is 3.20. The number of methoxy groups -OCH3 is 1. The van der Waals surface area contributed by atoms with E-state index >= 15 is 0 Å². The fraction of sp³-hybridized carbons (Fsp3) is 0.333. The molecule has 1 saturated heterocycles. The minimum atomic E-state index is -0.0336. The lowest BCUT2D eigenvalue weighted by Crippen LogP contribution is -2.38.